The number of nitrogens with one attached hydrogen (secondary N) is 1. The first-order chi connectivity index (χ1) is 17.5. The number of carboxylic acid groups (broad SMARTS) is 1. The Kier molecular flexibility index (Phi) is 11.7. The Balaban J connectivity index is 0.000000201. The first kappa shape index (κ1) is 28.1. The molecule has 2 aliphatic rings. The normalized spacial score (nSPS) is 15.8. The van der Waals surface area contributed by atoms with E-state index in [-0.39, 0.29) is 11.7 Å². The number of rotatable bonds is 16. The van der Waals surface area contributed by atoms with E-state index in [2.05, 4.69) is 34.3 Å². The molecule has 0 radical (unpaired) electrons. The van der Waals surface area contributed by atoms with Gasteiger partial charge in [0, 0.05) is 12.5 Å². The average Bonchev–Trinajstić information content (AvgIpc) is 3.80. The molecule has 0 spiro atoms. The van der Waals surface area contributed by atoms with Crippen molar-refractivity contribution < 1.29 is 19.2 Å². The summed E-state index contributed by atoms with van der Waals surface area (Å²) >= 11 is 0. The number of nitrogens with zero attached hydrogens (tertiary/aromatic N) is 3. The highest BCUT2D eigenvalue weighted by atomic mass is 16.5. The van der Waals surface area contributed by atoms with E-state index in [0.717, 1.165) is 30.8 Å². The predicted molar refractivity (Wildman–Crippen MR) is 139 cm³/mol. The summed E-state index contributed by atoms with van der Waals surface area (Å²) < 4.78 is 10.7. The molecule has 8 heteroatoms. The van der Waals surface area contributed by atoms with Crippen molar-refractivity contribution in [2.24, 2.45) is 5.92 Å². The summed E-state index contributed by atoms with van der Waals surface area (Å²) in [6.45, 7) is 7.87. The summed E-state index contributed by atoms with van der Waals surface area (Å²) in [6.07, 6.45) is 15.6. The molecule has 200 valence electrons. The highest BCUT2D eigenvalue weighted by Gasteiger charge is 2.29. The van der Waals surface area contributed by atoms with Crippen molar-refractivity contribution in [3.63, 3.8) is 0 Å². The van der Waals surface area contributed by atoms with E-state index in [4.69, 9.17) is 14.4 Å². The van der Waals surface area contributed by atoms with Gasteiger partial charge in [-0.15, -0.1) is 0 Å². The van der Waals surface area contributed by atoms with Gasteiger partial charge in [0.05, 0.1) is 12.6 Å². The second kappa shape index (κ2) is 14.9. The Hall–Kier alpha value is -2.48. The molecule has 2 N–H and O–H groups in total. The van der Waals surface area contributed by atoms with Crippen molar-refractivity contribution >= 4 is 5.97 Å². The van der Waals surface area contributed by atoms with Crippen LogP contribution < -0.4 is 10.1 Å². The second-order valence-corrected chi connectivity index (χ2v) is 10.2. The van der Waals surface area contributed by atoms with Gasteiger partial charge in [-0.1, -0.05) is 63.1 Å². The van der Waals surface area contributed by atoms with E-state index in [9.17, 15) is 4.79 Å². The van der Waals surface area contributed by atoms with Gasteiger partial charge >= 0.3 is 5.97 Å². The summed E-state index contributed by atoms with van der Waals surface area (Å²) in [7, 11) is 0. The Morgan fingerprint density at radius 3 is 2.36 bits per heavy atom. The van der Waals surface area contributed by atoms with E-state index >= 15 is 0 Å². The third kappa shape index (κ3) is 10.2. The molecule has 2 aliphatic carbocycles. The van der Waals surface area contributed by atoms with Crippen LogP contribution in [0.15, 0.2) is 16.7 Å². The highest BCUT2D eigenvalue weighted by molar-refractivity contribution is 5.85. The Labute approximate surface area is 215 Å². The molecular formula is C28H44N4O4. The molecule has 8 nitrogen and oxygen atoms in total. The molecule has 0 aliphatic heterocycles. The van der Waals surface area contributed by atoms with Crippen molar-refractivity contribution in [3.8, 4) is 5.88 Å². The maximum absolute atomic E-state index is 10.9. The molecule has 0 amide bonds. The first-order valence-corrected chi connectivity index (χ1v) is 13.9. The minimum atomic E-state index is -0.997. The molecule has 2 aromatic heterocycles. The lowest BCUT2D eigenvalue weighted by Gasteiger charge is -2.10. The fourth-order valence-electron chi connectivity index (χ4n) is 4.03. The van der Waals surface area contributed by atoms with Gasteiger partial charge in [0.15, 0.2) is 11.5 Å². The Morgan fingerprint density at radius 1 is 1.08 bits per heavy atom. The molecule has 36 heavy (non-hydrogen) atoms. The summed E-state index contributed by atoms with van der Waals surface area (Å²) in [4.78, 5) is 19.2. The maximum atomic E-state index is 10.9. The van der Waals surface area contributed by atoms with E-state index in [0.29, 0.717) is 30.2 Å². The van der Waals surface area contributed by atoms with Crippen LogP contribution in [0.3, 0.4) is 0 Å². The van der Waals surface area contributed by atoms with Crippen LogP contribution in [0, 0.1) is 12.8 Å². The summed E-state index contributed by atoms with van der Waals surface area (Å²) in [5, 5.41) is 16.3. The number of aryl methyl sites for hydroxylation is 1. The van der Waals surface area contributed by atoms with E-state index in [1.807, 2.05) is 13.0 Å². The highest BCUT2D eigenvalue weighted by Crippen LogP contribution is 2.44. The summed E-state index contributed by atoms with van der Waals surface area (Å²) in [5.41, 5.74) is 1.15. The molecule has 2 fully saturated rings. The molecule has 2 saturated carbocycles. The molecular weight excluding hydrogens is 456 g/mol. The van der Waals surface area contributed by atoms with E-state index < -0.39 is 5.97 Å². The quantitative estimate of drug-likeness (QED) is 0.248. The zero-order chi connectivity index (χ0) is 25.8. The molecule has 1 unspecified atom stereocenters. The number of unbranched alkanes of at least 4 members (excludes halogenated alkanes) is 7. The predicted octanol–water partition coefficient (Wildman–Crippen LogP) is 6.62. The molecule has 2 aromatic rings. The van der Waals surface area contributed by atoms with Crippen LogP contribution in [0.1, 0.15) is 131 Å². The molecule has 0 bridgehead atoms. The minimum absolute atomic E-state index is 0.0696. The standard InChI is InChI=1S/C15H29N3O.C13H15NO3/c1-4-5-6-7-8-9-10-11-12-16-13(2)15-17-14(3)19-18-15;15-13(16)11-6-5-10(9-3-4-9)12(14-11)17-7-8-1-2-8/h13,16H,4-12H2,1-3H3;5-6,8-9H,1-4,7H2,(H,15,16). The van der Waals surface area contributed by atoms with Crippen LogP contribution in [0.4, 0.5) is 0 Å². The number of hydrogen-bond acceptors (Lipinski definition) is 7. The van der Waals surface area contributed by atoms with Gasteiger partial charge < -0.3 is 19.7 Å². The molecule has 0 aromatic carbocycles. The summed E-state index contributed by atoms with van der Waals surface area (Å²) in [5.74, 6) is 2.12. The van der Waals surface area contributed by atoms with Crippen LogP contribution in [-0.4, -0.2) is 39.4 Å². The van der Waals surface area contributed by atoms with Crippen molar-refractivity contribution in [3.05, 3.63) is 35.1 Å². The SMILES string of the molecule is CCCCCCCCCCNC(C)c1noc(C)n1.O=C(O)c1ccc(C2CC2)c(OCC2CC2)n1. The maximum Gasteiger partial charge on any atom is 0.354 e. The lowest BCUT2D eigenvalue weighted by Crippen LogP contribution is -2.20. The topological polar surface area (TPSA) is 110 Å². The van der Waals surface area contributed by atoms with Crippen molar-refractivity contribution in [2.45, 2.75) is 110 Å². The summed E-state index contributed by atoms with van der Waals surface area (Å²) in [6, 6.07) is 3.61. The van der Waals surface area contributed by atoms with Crippen molar-refractivity contribution in [1.29, 1.82) is 0 Å². The molecule has 1 atom stereocenters. The van der Waals surface area contributed by atoms with Crippen LogP contribution in [-0.2, 0) is 0 Å². The molecule has 2 heterocycles. The van der Waals surface area contributed by atoms with Crippen molar-refractivity contribution in [2.75, 3.05) is 13.2 Å². The lowest BCUT2D eigenvalue weighted by atomic mass is 10.1. The third-order valence-corrected chi connectivity index (χ3v) is 6.69. The number of hydrogen-bond donors (Lipinski definition) is 2. The van der Waals surface area contributed by atoms with Crippen LogP contribution in [0.25, 0.3) is 0 Å². The smallest absolute Gasteiger partial charge is 0.354 e. The van der Waals surface area contributed by atoms with Gasteiger partial charge in [-0.05, 0) is 63.5 Å². The monoisotopic (exact) mass is 500 g/mol. The second-order valence-electron chi connectivity index (χ2n) is 10.2. The fraction of sp³-hybridized carbons (Fsp3) is 0.714. The van der Waals surface area contributed by atoms with Crippen molar-refractivity contribution in [1.82, 2.24) is 20.4 Å². The number of pyridine rings is 1. The van der Waals surface area contributed by atoms with Gasteiger partial charge in [0.1, 0.15) is 0 Å². The Morgan fingerprint density at radius 2 is 1.78 bits per heavy atom. The number of aromatic carboxylic acids is 1. The average molecular weight is 501 g/mol. The third-order valence-electron chi connectivity index (χ3n) is 6.69. The molecule has 0 saturated heterocycles. The zero-order valence-electron chi connectivity index (χ0n) is 22.3. The molecule has 4 rings (SSSR count). The number of carbonyl (C=O) groups is 1. The van der Waals surface area contributed by atoms with Gasteiger partial charge in [-0.3, -0.25) is 0 Å². The first-order valence-electron chi connectivity index (χ1n) is 13.9. The van der Waals surface area contributed by atoms with E-state index in [1.165, 1.54) is 64.2 Å². The van der Waals surface area contributed by atoms with E-state index in [1.54, 1.807) is 6.07 Å². The fourth-order valence-corrected chi connectivity index (χ4v) is 4.03. The Bertz CT molecular complexity index is 924. The number of ether oxygens (including phenoxy) is 1. The lowest BCUT2D eigenvalue weighted by molar-refractivity contribution is 0.0689. The van der Waals surface area contributed by atoms with Crippen LogP contribution in [0.2, 0.25) is 0 Å². The van der Waals surface area contributed by atoms with Crippen LogP contribution in [0.5, 0.6) is 5.88 Å². The van der Waals surface area contributed by atoms with Gasteiger partial charge in [0.25, 0.3) is 0 Å². The van der Waals surface area contributed by atoms with Gasteiger partial charge in [-0.25, -0.2) is 9.78 Å². The number of carboxylic acids is 1. The van der Waals surface area contributed by atoms with Gasteiger partial charge in [0.2, 0.25) is 11.8 Å². The number of aromatic nitrogens is 3. The van der Waals surface area contributed by atoms with Crippen LogP contribution >= 0.6 is 0 Å². The zero-order valence-corrected chi connectivity index (χ0v) is 22.3. The largest absolute Gasteiger partial charge is 0.477 e. The van der Waals surface area contributed by atoms with Gasteiger partial charge in [-0.2, -0.15) is 4.98 Å². The minimum Gasteiger partial charge on any atom is -0.477 e.